The maximum absolute atomic E-state index is 14.1. The first kappa shape index (κ1) is 21.6. The summed E-state index contributed by atoms with van der Waals surface area (Å²) in [5.41, 5.74) is -1.86. The van der Waals surface area contributed by atoms with Gasteiger partial charge in [0.1, 0.15) is 0 Å². The number of alkyl halides is 6. The zero-order valence-corrected chi connectivity index (χ0v) is 16.6. The fraction of sp³-hybridized carbons (Fsp3) is 0.455. The number of nitrogens with zero attached hydrogens (tertiary/aromatic N) is 2. The van der Waals surface area contributed by atoms with Crippen molar-refractivity contribution in [1.82, 2.24) is 0 Å². The maximum atomic E-state index is 14.1. The first-order chi connectivity index (χ1) is 14.5. The summed E-state index contributed by atoms with van der Waals surface area (Å²) in [6.07, 6.45) is -4.61. The third-order valence-electron chi connectivity index (χ3n) is 5.99. The maximum Gasteiger partial charge on any atom is 0.435 e. The first-order valence-corrected chi connectivity index (χ1v) is 9.99. The van der Waals surface area contributed by atoms with Gasteiger partial charge in [0.25, 0.3) is 5.60 Å². The molecule has 1 saturated carbocycles. The van der Waals surface area contributed by atoms with Crippen molar-refractivity contribution in [3.05, 3.63) is 58.7 Å². The third-order valence-corrected chi connectivity index (χ3v) is 5.99. The molecule has 2 aliphatic carbocycles. The summed E-state index contributed by atoms with van der Waals surface area (Å²) in [5.74, 6) is 0.155. The van der Waals surface area contributed by atoms with Crippen LogP contribution in [0.3, 0.4) is 0 Å². The minimum absolute atomic E-state index is 0.117. The molecule has 0 radical (unpaired) electrons. The van der Waals surface area contributed by atoms with Crippen molar-refractivity contribution in [2.45, 2.75) is 50.6 Å². The standard InChI is InChI=1S/C22H20F6N2O/c1-2-29-18-9-7-13-10-14(6-8-17(13)18)19-12-20(31-30-19,22(26,27)28)15-4-3-5-16(11-15)21(23,24)25/h3-6,8,11,13H,2,7,9-10,12H2,1H3/b29-18+. The van der Waals surface area contributed by atoms with Crippen molar-refractivity contribution >= 4 is 11.4 Å². The summed E-state index contributed by atoms with van der Waals surface area (Å²) in [5, 5.41) is 3.70. The largest absolute Gasteiger partial charge is 0.435 e. The van der Waals surface area contributed by atoms with Crippen molar-refractivity contribution in [2.75, 3.05) is 6.54 Å². The van der Waals surface area contributed by atoms with Crippen LogP contribution >= 0.6 is 0 Å². The average Bonchev–Trinajstić information content (AvgIpc) is 3.33. The molecule has 4 rings (SSSR count). The van der Waals surface area contributed by atoms with E-state index in [4.69, 9.17) is 4.84 Å². The highest BCUT2D eigenvalue weighted by Crippen LogP contribution is 2.50. The number of hydrogen-bond acceptors (Lipinski definition) is 3. The Morgan fingerprint density at radius 3 is 2.61 bits per heavy atom. The smallest absolute Gasteiger partial charge is 0.374 e. The molecule has 0 aromatic heterocycles. The third kappa shape index (κ3) is 3.78. The molecule has 1 aromatic rings. The number of oxime groups is 1. The number of aliphatic imine (C=N–C) groups is 1. The lowest BCUT2D eigenvalue weighted by Gasteiger charge is -2.30. The zero-order chi connectivity index (χ0) is 22.4. The molecule has 1 aromatic carbocycles. The summed E-state index contributed by atoms with van der Waals surface area (Å²) < 4.78 is 81.5. The Labute approximate surface area is 175 Å². The molecule has 2 atom stereocenters. The molecule has 1 fully saturated rings. The van der Waals surface area contributed by atoms with Crippen LogP contribution in [-0.2, 0) is 16.6 Å². The minimum atomic E-state index is -4.95. The van der Waals surface area contributed by atoms with Gasteiger partial charge >= 0.3 is 12.4 Å². The van der Waals surface area contributed by atoms with Crippen LogP contribution < -0.4 is 0 Å². The molecule has 0 spiro atoms. The van der Waals surface area contributed by atoms with Crippen LogP contribution in [-0.4, -0.2) is 24.1 Å². The van der Waals surface area contributed by atoms with Gasteiger partial charge in [0.05, 0.1) is 11.3 Å². The summed E-state index contributed by atoms with van der Waals surface area (Å²) in [7, 11) is 0. The molecule has 3 nitrogen and oxygen atoms in total. The van der Waals surface area contributed by atoms with Crippen LogP contribution in [0.2, 0.25) is 0 Å². The minimum Gasteiger partial charge on any atom is -0.374 e. The lowest BCUT2D eigenvalue weighted by molar-refractivity contribution is -0.276. The second kappa shape index (κ2) is 7.53. The lowest BCUT2D eigenvalue weighted by Crippen LogP contribution is -2.43. The van der Waals surface area contributed by atoms with Crippen LogP contribution in [0, 0.1) is 5.92 Å². The zero-order valence-electron chi connectivity index (χ0n) is 16.6. The van der Waals surface area contributed by atoms with Gasteiger partial charge in [-0.1, -0.05) is 29.4 Å². The monoisotopic (exact) mass is 442 g/mol. The van der Waals surface area contributed by atoms with Crippen LogP contribution in [0.15, 0.2) is 57.7 Å². The van der Waals surface area contributed by atoms with Crippen molar-refractivity contribution in [1.29, 1.82) is 0 Å². The Hall–Kier alpha value is -2.58. The molecule has 31 heavy (non-hydrogen) atoms. The quantitative estimate of drug-likeness (QED) is 0.501. The molecule has 166 valence electrons. The van der Waals surface area contributed by atoms with E-state index in [-0.39, 0.29) is 11.6 Å². The van der Waals surface area contributed by atoms with Gasteiger partial charge in [0, 0.05) is 24.2 Å². The van der Waals surface area contributed by atoms with Crippen molar-refractivity contribution in [2.24, 2.45) is 16.1 Å². The molecule has 1 aliphatic heterocycles. The highest BCUT2D eigenvalue weighted by atomic mass is 19.4. The van der Waals surface area contributed by atoms with Crippen molar-refractivity contribution < 1.29 is 31.2 Å². The van der Waals surface area contributed by atoms with E-state index in [0.717, 1.165) is 42.3 Å². The molecule has 1 heterocycles. The molecule has 0 N–H and O–H groups in total. The van der Waals surface area contributed by atoms with Crippen molar-refractivity contribution in [3.63, 3.8) is 0 Å². The molecule has 0 bridgehead atoms. The number of halogens is 6. The fourth-order valence-corrected chi connectivity index (χ4v) is 4.41. The summed E-state index contributed by atoms with van der Waals surface area (Å²) >= 11 is 0. The van der Waals surface area contributed by atoms with Gasteiger partial charge < -0.3 is 4.84 Å². The predicted molar refractivity (Wildman–Crippen MR) is 104 cm³/mol. The number of fused-ring (bicyclic) bond motifs is 1. The van der Waals surface area contributed by atoms with Gasteiger partial charge in [-0.05, 0) is 55.4 Å². The van der Waals surface area contributed by atoms with E-state index < -0.39 is 35.5 Å². The number of benzene rings is 1. The normalized spacial score (nSPS) is 27.5. The molecular weight excluding hydrogens is 422 g/mol. The SMILES string of the molecule is CC/N=C1\CCC2CC(C3=NOC(c4cccc(C(F)(F)F)c4)(C(F)(F)F)C3)=CC=C12. The Bertz CT molecular complexity index is 1000. The van der Waals surface area contributed by atoms with Gasteiger partial charge in [-0.3, -0.25) is 4.99 Å². The Morgan fingerprint density at radius 1 is 1.16 bits per heavy atom. The second-order valence-electron chi connectivity index (χ2n) is 7.88. The Kier molecular flexibility index (Phi) is 5.26. The molecule has 9 heteroatoms. The topological polar surface area (TPSA) is 34.0 Å². The van der Waals surface area contributed by atoms with E-state index in [9.17, 15) is 26.3 Å². The van der Waals surface area contributed by atoms with E-state index in [0.29, 0.717) is 24.6 Å². The molecule has 0 saturated heterocycles. The predicted octanol–water partition coefficient (Wildman–Crippen LogP) is 6.37. The Morgan fingerprint density at radius 2 is 1.94 bits per heavy atom. The summed E-state index contributed by atoms with van der Waals surface area (Å²) in [4.78, 5) is 9.38. The van der Waals surface area contributed by atoms with Gasteiger partial charge in [-0.2, -0.15) is 26.3 Å². The first-order valence-electron chi connectivity index (χ1n) is 9.99. The van der Waals surface area contributed by atoms with Gasteiger partial charge in [0.15, 0.2) is 0 Å². The number of allylic oxidation sites excluding steroid dienone is 4. The summed E-state index contributed by atoms with van der Waals surface area (Å²) in [6, 6.07) is 3.17. The van der Waals surface area contributed by atoms with E-state index in [1.165, 1.54) is 0 Å². The molecule has 3 aliphatic rings. The van der Waals surface area contributed by atoms with Crippen LogP contribution in [0.25, 0.3) is 0 Å². The van der Waals surface area contributed by atoms with Crippen LogP contribution in [0.4, 0.5) is 26.3 Å². The molecular formula is C22H20F6N2O. The second-order valence-corrected chi connectivity index (χ2v) is 7.88. The Balaban J connectivity index is 1.65. The average molecular weight is 442 g/mol. The van der Waals surface area contributed by atoms with Crippen LogP contribution in [0.1, 0.15) is 43.7 Å². The van der Waals surface area contributed by atoms with E-state index in [2.05, 4.69) is 10.1 Å². The molecule has 2 unspecified atom stereocenters. The highest BCUT2D eigenvalue weighted by molar-refractivity contribution is 6.06. The van der Waals surface area contributed by atoms with Gasteiger partial charge in [0.2, 0.25) is 0 Å². The number of hydrogen-bond donors (Lipinski definition) is 0. The van der Waals surface area contributed by atoms with Crippen LogP contribution in [0.5, 0.6) is 0 Å². The fourth-order valence-electron chi connectivity index (χ4n) is 4.41. The molecule has 0 amide bonds. The number of rotatable bonds is 3. The lowest BCUT2D eigenvalue weighted by atomic mass is 9.81. The van der Waals surface area contributed by atoms with Gasteiger partial charge in [-0.15, -0.1) is 0 Å². The van der Waals surface area contributed by atoms with Gasteiger partial charge in [-0.25, -0.2) is 0 Å². The van der Waals surface area contributed by atoms with E-state index in [1.54, 1.807) is 6.08 Å². The van der Waals surface area contributed by atoms with E-state index >= 15 is 0 Å². The van der Waals surface area contributed by atoms with Crippen molar-refractivity contribution in [3.8, 4) is 0 Å². The highest BCUT2D eigenvalue weighted by Gasteiger charge is 2.62. The van der Waals surface area contributed by atoms with E-state index in [1.807, 2.05) is 13.0 Å². The summed E-state index contributed by atoms with van der Waals surface area (Å²) in [6.45, 7) is 2.61.